The molecule has 0 aliphatic rings. The first kappa shape index (κ1) is 25.4. The van der Waals surface area contributed by atoms with E-state index in [2.05, 4.69) is 26.1 Å². The number of benzene rings is 2. The van der Waals surface area contributed by atoms with E-state index in [0.717, 1.165) is 17.5 Å². The summed E-state index contributed by atoms with van der Waals surface area (Å²) < 4.78 is 5.79. The second-order valence-electron chi connectivity index (χ2n) is 9.51. The number of nitrogens with zero attached hydrogens (tertiary/aromatic N) is 1. The van der Waals surface area contributed by atoms with Gasteiger partial charge in [-0.25, -0.2) is 0 Å². The standard InChI is InChI=1S/C27H38N2O3/c1-8-20(3)28-26(31)21(4)29(17-22-12-10-9-11-19(22)2)25(30)18-32-24-15-13-23(14-16-24)27(5,6)7/h9-16,20-21H,8,17-18H2,1-7H3,(H,28,31)/t20-,21+/m1/s1. The van der Waals surface area contributed by atoms with E-state index < -0.39 is 6.04 Å². The highest BCUT2D eigenvalue weighted by atomic mass is 16.5. The molecule has 2 aromatic carbocycles. The van der Waals surface area contributed by atoms with E-state index in [1.807, 2.05) is 69.3 Å². The van der Waals surface area contributed by atoms with Crippen LogP contribution in [0.3, 0.4) is 0 Å². The minimum absolute atomic E-state index is 0.0527. The van der Waals surface area contributed by atoms with E-state index in [1.165, 1.54) is 5.56 Å². The molecule has 2 atom stereocenters. The van der Waals surface area contributed by atoms with Gasteiger partial charge in [0, 0.05) is 12.6 Å². The number of amides is 2. The molecule has 0 unspecified atom stereocenters. The van der Waals surface area contributed by atoms with Crippen molar-refractivity contribution in [3.8, 4) is 5.75 Å². The molecule has 0 heterocycles. The van der Waals surface area contributed by atoms with E-state index in [0.29, 0.717) is 12.3 Å². The smallest absolute Gasteiger partial charge is 0.261 e. The monoisotopic (exact) mass is 438 g/mol. The zero-order valence-electron chi connectivity index (χ0n) is 20.6. The van der Waals surface area contributed by atoms with Crippen LogP contribution >= 0.6 is 0 Å². The molecule has 2 rings (SSSR count). The zero-order chi connectivity index (χ0) is 23.9. The normalized spacial score (nSPS) is 13.2. The molecule has 1 N–H and O–H groups in total. The van der Waals surface area contributed by atoms with Crippen LogP contribution in [-0.2, 0) is 21.5 Å². The van der Waals surface area contributed by atoms with Crippen molar-refractivity contribution in [1.82, 2.24) is 10.2 Å². The van der Waals surface area contributed by atoms with Gasteiger partial charge >= 0.3 is 0 Å². The Hall–Kier alpha value is -2.82. The highest BCUT2D eigenvalue weighted by Gasteiger charge is 2.27. The molecule has 0 fully saturated rings. The van der Waals surface area contributed by atoms with E-state index in [-0.39, 0.29) is 29.9 Å². The van der Waals surface area contributed by atoms with Crippen molar-refractivity contribution in [3.05, 3.63) is 65.2 Å². The second-order valence-corrected chi connectivity index (χ2v) is 9.51. The van der Waals surface area contributed by atoms with Crippen molar-refractivity contribution in [2.75, 3.05) is 6.61 Å². The summed E-state index contributed by atoms with van der Waals surface area (Å²) in [7, 11) is 0. The fraction of sp³-hybridized carbons (Fsp3) is 0.481. The van der Waals surface area contributed by atoms with Crippen LogP contribution in [0, 0.1) is 6.92 Å². The van der Waals surface area contributed by atoms with Gasteiger partial charge in [-0.05, 0) is 61.4 Å². The quantitative estimate of drug-likeness (QED) is 0.599. The zero-order valence-corrected chi connectivity index (χ0v) is 20.6. The number of rotatable bonds is 9. The lowest BCUT2D eigenvalue weighted by atomic mass is 9.87. The molecule has 0 saturated carbocycles. The van der Waals surface area contributed by atoms with Crippen LogP contribution in [0.1, 0.15) is 64.7 Å². The van der Waals surface area contributed by atoms with Crippen LogP contribution in [0.15, 0.2) is 48.5 Å². The average molecular weight is 439 g/mol. The Morgan fingerprint density at radius 1 is 1.03 bits per heavy atom. The van der Waals surface area contributed by atoms with Crippen LogP contribution in [0.4, 0.5) is 0 Å². The number of hydrogen-bond donors (Lipinski definition) is 1. The molecule has 0 spiro atoms. The summed E-state index contributed by atoms with van der Waals surface area (Å²) in [5, 5.41) is 2.99. The maximum atomic E-state index is 13.2. The summed E-state index contributed by atoms with van der Waals surface area (Å²) in [6.07, 6.45) is 0.831. The maximum Gasteiger partial charge on any atom is 0.261 e. The molecule has 0 aliphatic heterocycles. The minimum Gasteiger partial charge on any atom is -0.484 e. The fourth-order valence-electron chi connectivity index (χ4n) is 3.30. The summed E-state index contributed by atoms with van der Waals surface area (Å²) >= 11 is 0. The van der Waals surface area contributed by atoms with Gasteiger partial charge in [-0.1, -0.05) is 64.1 Å². The van der Waals surface area contributed by atoms with Gasteiger partial charge in [0.15, 0.2) is 6.61 Å². The highest BCUT2D eigenvalue weighted by molar-refractivity contribution is 5.88. The van der Waals surface area contributed by atoms with Gasteiger partial charge in [0.05, 0.1) is 0 Å². The van der Waals surface area contributed by atoms with Crippen LogP contribution in [0.2, 0.25) is 0 Å². The topological polar surface area (TPSA) is 58.6 Å². The highest BCUT2D eigenvalue weighted by Crippen LogP contribution is 2.24. The number of ether oxygens (including phenoxy) is 1. The van der Waals surface area contributed by atoms with E-state index >= 15 is 0 Å². The lowest BCUT2D eigenvalue weighted by Crippen LogP contribution is -2.50. The van der Waals surface area contributed by atoms with Gasteiger partial charge in [0.25, 0.3) is 5.91 Å². The summed E-state index contributed by atoms with van der Waals surface area (Å²) in [6, 6.07) is 15.2. The largest absolute Gasteiger partial charge is 0.484 e. The van der Waals surface area contributed by atoms with Crippen molar-refractivity contribution in [2.24, 2.45) is 0 Å². The molecule has 0 radical (unpaired) electrons. The Kier molecular flexibility index (Phi) is 8.88. The van der Waals surface area contributed by atoms with Crippen LogP contribution in [-0.4, -0.2) is 35.4 Å². The summed E-state index contributed by atoms with van der Waals surface area (Å²) in [6.45, 7) is 14.5. The molecule has 5 heteroatoms. The summed E-state index contributed by atoms with van der Waals surface area (Å²) in [5.41, 5.74) is 3.35. The predicted octanol–water partition coefficient (Wildman–Crippen LogP) is 5.00. The van der Waals surface area contributed by atoms with E-state index in [1.54, 1.807) is 11.8 Å². The third kappa shape index (κ3) is 7.11. The lowest BCUT2D eigenvalue weighted by molar-refractivity contribution is -0.142. The number of aryl methyl sites for hydroxylation is 1. The molecule has 2 amide bonds. The summed E-state index contributed by atoms with van der Waals surface area (Å²) in [4.78, 5) is 27.6. The molecule has 0 saturated heterocycles. The third-order valence-corrected chi connectivity index (χ3v) is 5.85. The van der Waals surface area contributed by atoms with Gasteiger partial charge in [-0.15, -0.1) is 0 Å². The molecule has 0 bridgehead atoms. The molecule has 0 aromatic heterocycles. The Bertz CT molecular complexity index is 900. The molecule has 2 aromatic rings. The first-order chi connectivity index (χ1) is 15.0. The van der Waals surface area contributed by atoms with Crippen molar-refractivity contribution in [2.45, 2.75) is 78.9 Å². The van der Waals surface area contributed by atoms with Gasteiger partial charge < -0.3 is 15.0 Å². The molecule has 32 heavy (non-hydrogen) atoms. The molecular formula is C27H38N2O3. The van der Waals surface area contributed by atoms with Gasteiger partial charge in [0.1, 0.15) is 11.8 Å². The van der Waals surface area contributed by atoms with Gasteiger partial charge in [-0.3, -0.25) is 9.59 Å². The van der Waals surface area contributed by atoms with Crippen LogP contribution in [0.25, 0.3) is 0 Å². The number of carbonyl (C=O) groups excluding carboxylic acids is 2. The Labute approximate surface area is 193 Å². The van der Waals surface area contributed by atoms with Gasteiger partial charge in [-0.2, -0.15) is 0 Å². The minimum atomic E-state index is -0.608. The van der Waals surface area contributed by atoms with Gasteiger partial charge in [0.2, 0.25) is 5.91 Å². The molecule has 174 valence electrons. The number of nitrogens with one attached hydrogen (secondary N) is 1. The first-order valence-electron chi connectivity index (χ1n) is 11.4. The first-order valence-corrected chi connectivity index (χ1v) is 11.4. The summed E-state index contributed by atoms with van der Waals surface area (Å²) in [5.74, 6) is 0.259. The van der Waals surface area contributed by atoms with Crippen LogP contribution in [0.5, 0.6) is 5.75 Å². The molecule has 5 nitrogen and oxygen atoms in total. The lowest BCUT2D eigenvalue weighted by Gasteiger charge is -2.30. The maximum absolute atomic E-state index is 13.2. The molecular weight excluding hydrogens is 400 g/mol. The number of hydrogen-bond acceptors (Lipinski definition) is 3. The average Bonchev–Trinajstić information content (AvgIpc) is 2.76. The SMILES string of the molecule is CC[C@@H](C)NC(=O)[C@H](C)N(Cc1ccccc1C)C(=O)COc1ccc(C(C)(C)C)cc1. The third-order valence-electron chi connectivity index (χ3n) is 5.85. The number of carbonyl (C=O) groups is 2. The van der Waals surface area contributed by atoms with E-state index in [4.69, 9.17) is 4.74 Å². The Morgan fingerprint density at radius 3 is 2.22 bits per heavy atom. The van der Waals surface area contributed by atoms with Crippen molar-refractivity contribution >= 4 is 11.8 Å². The second kappa shape index (κ2) is 11.2. The van der Waals surface area contributed by atoms with E-state index in [9.17, 15) is 9.59 Å². The van der Waals surface area contributed by atoms with Crippen molar-refractivity contribution in [3.63, 3.8) is 0 Å². The van der Waals surface area contributed by atoms with Crippen molar-refractivity contribution < 1.29 is 14.3 Å². The Morgan fingerprint density at radius 2 is 1.66 bits per heavy atom. The van der Waals surface area contributed by atoms with Crippen molar-refractivity contribution in [1.29, 1.82) is 0 Å². The fourth-order valence-corrected chi connectivity index (χ4v) is 3.30. The van der Waals surface area contributed by atoms with Crippen LogP contribution < -0.4 is 10.1 Å². The molecule has 0 aliphatic carbocycles. The predicted molar refractivity (Wildman–Crippen MR) is 130 cm³/mol. The Balaban J connectivity index is 2.15.